The maximum atomic E-state index is 4.14. The molecule has 0 heterocycles. The molecule has 0 amide bonds. The zero-order chi connectivity index (χ0) is 5.70. The lowest BCUT2D eigenvalue weighted by atomic mass is 10.3. The molecule has 0 fully saturated rings. The minimum Gasteiger partial charge on any atom is -0.172 e. The van der Waals surface area contributed by atoms with E-state index in [0.29, 0.717) is 5.25 Å². The Balaban J connectivity index is 3.16. The van der Waals surface area contributed by atoms with Crippen molar-refractivity contribution in [1.82, 2.24) is 0 Å². The van der Waals surface area contributed by atoms with Gasteiger partial charge in [0.25, 0.3) is 0 Å². The Kier molecular flexibility index (Phi) is 4.88. The van der Waals surface area contributed by atoms with Gasteiger partial charge in [0.2, 0.25) is 0 Å². The van der Waals surface area contributed by atoms with Gasteiger partial charge >= 0.3 is 0 Å². The van der Waals surface area contributed by atoms with Gasteiger partial charge in [-0.25, -0.2) is 0 Å². The number of hydrogen-bond acceptors (Lipinski definition) is 2. The minimum absolute atomic E-state index is 0.331. The van der Waals surface area contributed by atoms with Gasteiger partial charge in [0.05, 0.1) is 0 Å². The second-order valence-electron chi connectivity index (χ2n) is 1.27. The highest BCUT2D eigenvalue weighted by molar-refractivity contribution is 7.82. The van der Waals surface area contributed by atoms with Gasteiger partial charge in [-0.15, -0.1) is 12.6 Å². The molecular formula is C5H9S2. The summed E-state index contributed by atoms with van der Waals surface area (Å²) in [5.41, 5.74) is 0. The first kappa shape index (κ1) is 7.44. The van der Waals surface area contributed by atoms with E-state index in [0.717, 1.165) is 6.42 Å². The Labute approximate surface area is 55.8 Å². The van der Waals surface area contributed by atoms with Gasteiger partial charge in [-0.1, -0.05) is 13.0 Å². The molecule has 41 valence electrons. The van der Waals surface area contributed by atoms with Crippen molar-refractivity contribution < 1.29 is 0 Å². The van der Waals surface area contributed by atoms with Crippen LogP contribution in [-0.2, 0) is 0 Å². The molecule has 1 radical (unpaired) electrons. The summed E-state index contributed by atoms with van der Waals surface area (Å²) < 4.78 is 0. The Morgan fingerprint density at radius 2 is 2.43 bits per heavy atom. The normalized spacial score (nSPS) is 15.3. The van der Waals surface area contributed by atoms with E-state index in [4.69, 9.17) is 0 Å². The topological polar surface area (TPSA) is 0 Å². The van der Waals surface area contributed by atoms with Gasteiger partial charge in [0.15, 0.2) is 0 Å². The Hall–Kier alpha value is 0.440. The molecular weight excluding hydrogens is 124 g/mol. The first-order chi connectivity index (χ1) is 3.31. The van der Waals surface area contributed by atoms with Crippen molar-refractivity contribution in [3.05, 3.63) is 11.5 Å². The van der Waals surface area contributed by atoms with Crippen molar-refractivity contribution in [3.63, 3.8) is 0 Å². The van der Waals surface area contributed by atoms with Gasteiger partial charge in [-0.2, -0.15) is 12.6 Å². The molecule has 0 aromatic rings. The molecule has 7 heavy (non-hydrogen) atoms. The molecule has 1 unspecified atom stereocenters. The average Bonchev–Trinajstić information content (AvgIpc) is 1.68. The second-order valence-corrected chi connectivity index (χ2v) is 2.19. The van der Waals surface area contributed by atoms with Gasteiger partial charge in [-0.05, 0) is 6.42 Å². The van der Waals surface area contributed by atoms with Crippen molar-refractivity contribution in [2.75, 3.05) is 0 Å². The van der Waals surface area contributed by atoms with Crippen LogP contribution in [0.2, 0.25) is 0 Å². The van der Waals surface area contributed by atoms with E-state index < -0.39 is 0 Å². The van der Waals surface area contributed by atoms with E-state index in [1.165, 1.54) is 0 Å². The van der Waals surface area contributed by atoms with Crippen LogP contribution >= 0.6 is 25.3 Å². The maximum absolute atomic E-state index is 4.14. The molecule has 1 atom stereocenters. The first-order valence-electron chi connectivity index (χ1n) is 2.22. The van der Waals surface area contributed by atoms with Crippen LogP contribution in [0.4, 0.5) is 0 Å². The summed E-state index contributed by atoms with van der Waals surface area (Å²) in [5, 5.41) is 2.94. The largest absolute Gasteiger partial charge is 0.172 e. The van der Waals surface area contributed by atoms with Crippen LogP contribution in [0.25, 0.3) is 0 Å². The van der Waals surface area contributed by atoms with Crippen molar-refractivity contribution in [2.45, 2.75) is 18.6 Å². The van der Waals surface area contributed by atoms with Crippen molar-refractivity contribution in [3.8, 4) is 0 Å². The van der Waals surface area contributed by atoms with Crippen LogP contribution in [0.1, 0.15) is 13.3 Å². The molecule has 0 aromatic heterocycles. The summed E-state index contributed by atoms with van der Waals surface area (Å²) in [6.07, 6.45) is 2.86. The lowest BCUT2D eigenvalue weighted by molar-refractivity contribution is 0.984. The monoisotopic (exact) mass is 133 g/mol. The van der Waals surface area contributed by atoms with Crippen molar-refractivity contribution >= 4 is 25.3 Å². The Morgan fingerprint density at radius 3 is 2.57 bits per heavy atom. The SMILES string of the molecule is CCC(S)C=[C]S. The molecule has 0 aliphatic rings. The summed E-state index contributed by atoms with van der Waals surface area (Å²) in [5.74, 6) is 0. The summed E-state index contributed by atoms with van der Waals surface area (Å²) in [7, 11) is 0. The van der Waals surface area contributed by atoms with E-state index >= 15 is 0 Å². The molecule has 0 aliphatic carbocycles. The van der Waals surface area contributed by atoms with E-state index in [-0.39, 0.29) is 0 Å². The molecule has 2 heteroatoms. The Morgan fingerprint density at radius 1 is 1.86 bits per heavy atom. The smallest absolute Gasteiger partial charge is 0.0208 e. The molecule has 0 bridgehead atoms. The molecule has 0 rings (SSSR count). The minimum atomic E-state index is 0.331. The van der Waals surface area contributed by atoms with Crippen molar-refractivity contribution in [1.29, 1.82) is 0 Å². The van der Waals surface area contributed by atoms with Crippen LogP contribution < -0.4 is 0 Å². The predicted octanol–water partition coefficient (Wildman–Crippen LogP) is 1.94. The Bertz CT molecular complexity index is 59.1. The van der Waals surface area contributed by atoms with Gasteiger partial charge in [-0.3, -0.25) is 0 Å². The molecule has 0 saturated carbocycles. The second kappa shape index (κ2) is 4.60. The van der Waals surface area contributed by atoms with Crippen LogP contribution in [0.5, 0.6) is 0 Å². The summed E-state index contributed by atoms with van der Waals surface area (Å²) >= 11 is 7.90. The van der Waals surface area contributed by atoms with E-state index in [1.54, 1.807) is 0 Å². The van der Waals surface area contributed by atoms with Crippen LogP contribution in [-0.4, -0.2) is 5.25 Å². The number of thiol groups is 2. The van der Waals surface area contributed by atoms with E-state index in [1.807, 2.05) is 6.08 Å². The highest BCUT2D eigenvalue weighted by Crippen LogP contribution is 2.00. The molecule has 0 N–H and O–H groups in total. The molecule has 0 aliphatic heterocycles. The molecule has 0 spiro atoms. The van der Waals surface area contributed by atoms with Gasteiger partial charge in [0.1, 0.15) is 0 Å². The third kappa shape index (κ3) is 4.29. The fourth-order valence-corrected chi connectivity index (χ4v) is 0.576. The fraction of sp³-hybridized carbons (Fsp3) is 0.600. The third-order valence-electron chi connectivity index (χ3n) is 0.685. The number of rotatable bonds is 2. The van der Waals surface area contributed by atoms with Crippen LogP contribution in [0.3, 0.4) is 0 Å². The zero-order valence-electron chi connectivity index (χ0n) is 4.26. The van der Waals surface area contributed by atoms with Crippen LogP contribution in [0.15, 0.2) is 6.08 Å². The average molecular weight is 133 g/mol. The first-order valence-corrected chi connectivity index (χ1v) is 3.18. The fourth-order valence-electron chi connectivity index (χ4n) is 0.204. The summed E-state index contributed by atoms with van der Waals surface area (Å²) in [6, 6.07) is 0. The standard InChI is InChI=1S/C5H9S2/c1-2-5(7)3-4-6/h3,5-7H,2H2,1H3. The molecule has 0 aromatic carbocycles. The third-order valence-corrected chi connectivity index (χ3v) is 1.35. The lowest BCUT2D eigenvalue weighted by Crippen LogP contribution is -1.86. The highest BCUT2D eigenvalue weighted by atomic mass is 32.1. The van der Waals surface area contributed by atoms with Crippen LogP contribution in [0, 0.1) is 5.41 Å². The quantitative estimate of drug-likeness (QED) is 0.528. The summed E-state index contributed by atoms with van der Waals surface area (Å²) in [4.78, 5) is 0. The van der Waals surface area contributed by atoms with E-state index in [9.17, 15) is 0 Å². The maximum Gasteiger partial charge on any atom is 0.0208 e. The summed E-state index contributed by atoms with van der Waals surface area (Å²) in [6.45, 7) is 2.07. The van der Waals surface area contributed by atoms with E-state index in [2.05, 4.69) is 37.6 Å². The van der Waals surface area contributed by atoms with Gasteiger partial charge < -0.3 is 0 Å². The predicted molar refractivity (Wildman–Crippen MR) is 39.9 cm³/mol. The molecule has 0 nitrogen and oxygen atoms in total. The zero-order valence-corrected chi connectivity index (χ0v) is 6.05. The number of hydrogen-bond donors (Lipinski definition) is 2. The lowest BCUT2D eigenvalue weighted by Gasteiger charge is -1.94. The molecule has 0 saturated heterocycles. The highest BCUT2D eigenvalue weighted by Gasteiger charge is 1.87. The van der Waals surface area contributed by atoms with Crippen molar-refractivity contribution in [2.24, 2.45) is 0 Å². The van der Waals surface area contributed by atoms with Gasteiger partial charge in [0, 0.05) is 10.7 Å².